The number of hydrogen-bond donors (Lipinski definition) is 2. The summed E-state index contributed by atoms with van der Waals surface area (Å²) >= 11 is 0. The first-order valence-corrected chi connectivity index (χ1v) is 7.04. The van der Waals surface area contributed by atoms with Gasteiger partial charge in [-0.1, -0.05) is 18.2 Å². The lowest BCUT2D eigenvalue weighted by molar-refractivity contribution is 0.102. The zero-order valence-corrected chi connectivity index (χ0v) is 11.7. The Bertz CT molecular complexity index is 973. The Balaban J connectivity index is 1.73. The van der Waals surface area contributed by atoms with Gasteiger partial charge in [0.05, 0.1) is 0 Å². The number of H-pyrrole nitrogens is 1. The number of carbonyl (C=O) groups excluding carboxylic acids is 1. The molecule has 0 atom stereocenters. The number of benzene rings is 2. The maximum absolute atomic E-state index is 12.2. The number of carbonyl (C=O) groups is 1. The van der Waals surface area contributed by atoms with E-state index >= 15 is 0 Å². The molecule has 0 fully saturated rings. The number of pyridine rings is 1. The van der Waals surface area contributed by atoms with Gasteiger partial charge in [-0.2, -0.15) is 0 Å². The maximum Gasteiger partial charge on any atom is 0.255 e. The standard InChI is InChI=1S/C18H13N3O/c22-18(12-5-2-1-3-6-12)20-13-8-9-16-15(11-13)14-7-4-10-19-17(14)21-16/h1-11H,(H,19,21)(H,20,22). The molecule has 0 radical (unpaired) electrons. The van der Waals surface area contributed by atoms with Crippen molar-refractivity contribution in [3.05, 3.63) is 72.4 Å². The van der Waals surface area contributed by atoms with E-state index in [-0.39, 0.29) is 5.91 Å². The van der Waals surface area contributed by atoms with Crippen molar-refractivity contribution in [1.82, 2.24) is 9.97 Å². The smallest absolute Gasteiger partial charge is 0.255 e. The SMILES string of the molecule is O=C(Nc1ccc2[nH]c3ncccc3c2c1)c1ccccc1. The maximum atomic E-state index is 12.2. The number of nitrogens with zero attached hydrogens (tertiary/aromatic N) is 1. The van der Waals surface area contributed by atoms with E-state index in [0.29, 0.717) is 5.56 Å². The van der Waals surface area contributed by atoms with Gasteiger partial charge in [0.25, 0.3) is 5.91 Å². The van der Waals surface area contributed by atoms with Crippen LogP contribution < -0.4 is 5.32 Å². The summed E-state index contributed by atoms with van der Waals surface area (Å²) in [4.78, 5) is 19.8. The number of fused-ring (bicyclic) bond motifs is 3. The van der Waals surface area contributed by atoms with Crippen LogP contribution in [0.3, 0.4) is 0 Å². The average Bonchev–Trinajstić information content (AvgIpc) is 2.94. The zero-order valence-electron chi connectivity index (χ0n) is 11.7. The molecule has 2 aromatic carbocycles. The van der Waals surface area contributed by atoms with Crippen LogP contribution in [0.25, 0.3) is 21.9 Å². The first kappa shape index (κ1) is 12.6. The number of nitrogens with one attached hydrogen (secondary N) is 2. The Hall–Kier alpha value is -3.14. The Labute approximate surface area is 126 Å². The molecule has 0 aliphatic heterocycles. The Morgan fingerprint density at radius 3 is 2.68 bits per heavy atom. The summed E-state index contributed by atoms with van der Waals surface area (Å²) in [5, 5.41) is 5.03. The molecule has 4 heteroatoms. The van der Waals surface area contributed by atoms with Gasteiger partial charge in [-0.25, -0.2) is 4.98 Å². The molecule has 0 aliphatic carbocycles. The fourth-order valence-electron chi connectivity index (χ4n) is 2.60. The molecule has 106 valence electrons. The van der Waals surface area contributed by atoms with Crippen LogP contribution in [0.4, 0.5) is 5.69 Å². The summed E-state index contributed by atoms with van der Waals surface area (Å²) in [6.07, 6.45) is 1.76. The molecule has 0 unspecified atom stereocenters. The minimum Gasteiger partial charge on any atom is -0.339 e. The predicted octanol–water partition coefficient (Wildman–Crippen LogP) is 3.97. The van der Waals surface area contributed by atoms with Crippen LogP contribution in [0.1, 0.15) is 10.4 Å². The molecule has 1 amide bonds. The molecule has 22 heavy (non-hydrogen) atoms. The monoisotopic (exact) mass is 287 g/mol. The fourth-order valence-corrected chi connectivity index (χ4v) is 2.60. The van der Waals surface area contributed by atoms with Crippen LogP contribution in [0, 0.1) is 0 Å². The highest BCUT2D eigenvalue weighted by Crippen LogP contribution is 2.26. The molecular weight excluding hydrogens is 274 g/mol. The van der Waals surface area contributed by atoms with Gasteiger partial charge >= 0.3 is 0 Å². The molecule has 4 nitrogen and oxygen atoms in total. The largest absolute Gasteiger partial charge is 0.339 e. The van der Waals surface area contributed by atoms with E-state index in [2.05, 4.69) is 15.3 Å². The second-order valence-corrected chi connectivity index (χ2v) is 5.11. The second kappa shape index (κ2) is 5.00. The van der Waals surface area contributed by atoms with E-state index < -0.39 is 0 Å². The number of aromatic nitrogens is 2. The van der Waals surface area contributed by atoms with Crippen molar-refractivity contribution in [2.45, 2.75) is 0 Å². The van der Waals surface area contributed by atoms with Gasteiger partial charge in [0.1, 0.15) is 5.65 Å². The van der Waals surface area contributed by atoms with E-state index in [0.717, 1.165) is 27.6 Å². The molecule has 2 aromatic heterocycles. The van der Waals surface area contributed by atoms with Gasteiger partial charge in [-0.15, -0.1) is 0 Å². The van der Waals surface area contributed by atoms with Crippen molar-refractivity contribution in [3.63, 3.8) is 0 Å². The second-order valence-electron chi connectivity index (χ2n) is 5.11. The van der Waals surface area contributed by atoms with E-state index in [1.54, 1.807) is 18.3 Å². The molecule has 2 heterocycles. The lowest BCUT2D eigenvalue weighted by Gasteiger charge is -2.05. The molecule has 0 bridgehead atoms. The van der Waals surface area contributed by atoms with E-state index in [4.69, 9.17) is 0 Å². The molecule has 0 saturated carbocycles. The summed E-state index contributed by atoms with van der Waals surface area (Å²) < 4.78 is 0. The van der Waals surface area contributed by atoms with Crippen LogP contribution in [0.15, 0.2) is 66.9 Å². The summed E-state index contributed by atoms with van der Waals surface area (Å²) in [6.45, 7) is 0. The van der Waals surface area contributed by atoms with Gasteiger partial charge in [0, 0.05) is 33.7 Å². The van der Waals surface area contributed by atoms with Crippen molar-refractivity contribution in [2.24, 2.45) is 0 Å². The first-order chi connectivity index (χ1) is 10.8. The number of amides is 1. The number of rotatable bonds is 2. The normalized spacial score (nSPS) is 10.9. The first-order valence-electron chi connectivity index (χ1n) is 7.04. The third kappa shape index (κ3) is 2.11. The molecule has 0 aliphatic rings. The van der Waals surface area contributed by atoms with Gasteiger partial charge in [0.15, 0.2) is 0 Å². The lowest BCUT2D eigenvalue weighted by atomic mass is 10.1. The Kier molecular flexibility index (Phi) is 2.86. The van der Waals surface area contributed by atoms with Gasteiger partial charge in [-0.3, -0.25) is 4.79 Å². The van der Waals surface area contributed by atoms with Crippen molar-refractivity contribution in [3.8, 4) is 0 Å². The molecular formula is C18H13N3O. The van der Waals surface area contributed by atoms with E-state index in [9.17, 15) is 4.79 Å². The Morgan fingerprint density at radius 1 is 0.955 bits per heavy atom. The average molecular weight is 287 g/mol. The summed E-state index contributed by atoms with van der Waals surface area (Å²) in [5.74, 6) is -0.113. The van der Waals surface area contributed by atoms with Crippen molar-refractivity contribution in [2.75, 3.05) is 5.32 Å². The minimum atomic E-state index is -0.113. The molecule has 0 spiro atoms. The fraction of sp³-hybridized carbons (Fsp3) is 0. The van der Waals surface area contributed by atoms with Crippen LogP contribution >= 0.6 is 0 Å². The van der Waals surface area contributed by atoms with Gasteiger partial charge in [-0.05, 0) is 42.5 Å². The topological polar surface area (TPSA) is 57.8 Å². The lowest BCUT2D eigenvalue weighted by Crippen LogP contribution is -2.11. The minimum absolute atomic E-state index is 0.113. The highest BCUT2D eigenvalue weighted by molar-refractivity contribution is 6.09. The van der Waals surface area contributed by atoms with E-state index in [1.165, 1.54) is 0 Å². The van der Waals surface area contributed by atoms with Gasteiger partial charge < -0.3 is 10.3 Å². The van der Waals surface area contributed by atoms with Crippen LogP contribution in [-0.2, 0) is 0 Å². The molecule has 2 N–H and O–H groups in total. The quantitative estimate of drug-likeness (QED) is 0.586. The number of aromatic amines is 1. The predicted molar refractivity (Wildman–Crippen MR) is 88.0 cm³/mol. The summed E-state index contributed by atoms with van der Waals surface area (Å²) in [6, 6.07) is 18.9. The molecule has 0 saturated heterocycles. The van der Waals surface area contributed by atoms with Crippen LogP contribution in [-0.4, -0.2) is 15.9 Å². The molecule has 4 rings (SSSR count). The number of anilines is 1. The van der Waals surface area contributed by atoms with Gasteiger partial charge in [0.2, 0.25) is 0 Å². The van der Waals surface area contributed by atoms with Crippen molar-refractivity contribution >= 4 is 33.5 Å². The van der Waals surface area contributed by atoms with Crippen LogP contribution in [0.2, 0.25) is 0 Å². The number of hydrogen-bond acceptors (Lipinski definition) is 2. The highest BCUT2D eigenvalue weighted by atomic mass is 16.1. The van der Waals surface area contributed by atoms with Crippen LogP contribution in [0.5, 0.6) is 0 Å². The summed E-state index contributed by atoms with van der Waals surface area (Å²) in [5.41, 5.74) is 3.27. The Morgan fingerprint density at radius 2 is 1.82 bits per heavy atom. The summed E-state index contributed by atoms with van der Waals surface area (Å²) in [7, 11) is 0. The van der Waals surface area contributed by atoms with E-state index in [1.807, 2.05) is 48.5 Å². The molecule has 4 aromatic rings. The highest BCUT2D eigenvalue weighted by Gasteiger charge is 2.08. The third-order valence-electron chi connectivity index (χ3n) is 3.66. The van der Waals surface area contributed by atoms with Crippen molar-refractivity contribution in [1.29, 1.82) is 0 Å². The third-order valence-corrected chi connectivity index (χ3v) is 3.66. The van der Waals surface area contributed by atoms with Crippen molar-refractivity contribution < 1.29 is 4.79 Å². The zero-order chi connectivity index (χ0) is 14.9.